The first-order valence-corrected chi connectivity index (χ1v) is 18.3. The molecule has 1 unspecified atom stereocenters. The number of amides is 2. The zero-order valence-corrected chi connectivity index (χ0v) is 29.7. The maximum absolute atomic E-state index is 14.7. The van der Waals surface area contributed by atoms with Crippen LogP contribution in [0.1, 0.15) is 24.5 Å². The van der Waals surface area contributed by atoms with Gasteiger partial charge in [-0.1, -0.05) is 103 Å². The van der Waals surface area contributed by atoms with Gasteiger partial charge in [0.25, 0.3) is 10.0 Å². The number of carbonyl (C=O) groups is 2. The predicted molar refractivity (Wildman–Crippen MR) is 198 cm³/mol. The van der Waals surface area contributed by atoms with Crippen LogP contribution in [0.25, 0.3) is 0 Å². The van der Waals surface area contributed by atoms with Crippen molar-refractivity contribution in [2.45, 2.75) is 37.2 Å². The summed E-state index contributed by atoms with van der Waals surface area (Å²) in [5.41, 5.74) is 1.61. The van der Waals surface area contributed by atoms with Gasteiger partial charge in [0.2, 0.25) is 11.8 Å². The van der Waals surface area contributed by atoms with Crippen LogP contribution in [0.3, 0.4) is 0 Å². The van der Waals surface area contributed by atoms with E-state index in [1.165, 1.54) is 17.0 Å². The lowest BCUT2D eigenvalue weighted by molar-refractivity contribution is -0.140. The van der Waals surface area contributed by atoms with Gasteiger partial charge in [-0.2, -0.15) is 0 Å². The van der Waals surface area contributed by atoms with E-state index in [-0.39, 0.29) is 29.5 Å². The summed E-state index contributed by atoms with van der Waals surface area (Å²) < 4.78 is 35.5. The maximum Gasteiger partial charge on any atom is 0.264 e. The Bertz CT molecular complexity index is 1980. The van der Waals surface area contributed by atoms with E-state index in [1.807, 2.05) is 67.6 Å². The quantitative estimate of drug-likeness (QED) is 0.117. The van der Waals surface area contributed by atoms with Crippen molar-refractivity contribution in [1.82, 2.24) is 10.2 Å². The molecule has 5 rings (SSSR count). The van der Waals surface area contributed by atoms with E-state index in [9.17, 15) is 18.0 Å². The van der Waals surface area contributed by atoms with E-state index in [4.69, 9.17) is 27.9 Å². The number of sulfonamides is 1. The Kier molecular flexibility index (Phi) is 12.5. The SMILES string of the molecule is CCCNC(=O)C(Cc1ccccc1)N(Cc1ccc(Cl)cc1Cl)C(=O)CN(c1ccc(Oc2ccccc2)cc1)S(=O)(=O)c1ccccc1. The topological polar surface area (TPSA) is 96.0 Å². The van der Waals surface area contributed by atoms with E-state index >= 15 is 0 Å². The molecule has 0 aliphatic rings. The minimum absolute atomic E-state index is 0.00577. The second kappa shape index (κ2) is 17.2. The van der Waals surface area contributed by atoms with Crippen LogP contribution in [0.15, 0.2) is 138 Å². The van der Waals surface area contributed by atoms with E-state index in [2.05, 4.69) is 5.32 Å². The van der Waals surface area contributed by atoms with Gasteiger partial charge in [0.15, 0.2) is 0 Å². The predicted octanol–water partition coefficient (Wildman–Crippen LogP) is 8.15. The molecule has 8 nitrogen and oxygen atoms in total. The lowest BCUT2D eigenvalue weighted by atomic mass is 10.0. The summed E-state index contributed by atoms with van der Waals surface area (Å²) in [7, 11) is -4.26. The number of ether oxygens (including phenoxy) is 1. The number of nitrogens with one attached hydrogen (secondary N) is 1. The number of hydrogen-bond donors (Lipinski definition) is 1. The summed E-state index contributed by atoms with van der Waals surface area (Å²) in [4.78, 5) is 29.9. The molecular weight excluding hydrogens is 693 g/mol. The highest BCUT2D eigenvalue weighted by Gasteiger charge is 2.35. The molecule has 1 atom stereocenters. The lowest BCUT2D eigenvalue weighted by Gasteiger charge is -2.34. The minimum Gasteiger partial charge on any atom is -0.457 e. The number of benzene rings is 5. The van der Waals surface area contributed by atoms with Crippen LogP contribution < -0.4 is 14.4 Å². The van der Waals surface area contributed by atoms with Gasteiger partial charge >= 0.3 is 0 Å². The van der Waals surface area contributed by atoms with Gasteiger partial charge in [-0.3, -0.25) is 13.9 Å². The second-order valence-corrected chi connectivity index (χ2v) is 14.2. The van der Waals surface area contributed by atoms with Crippen LogP contribution >= 0.6 is 23.2 Å². The zero-order chi connectivity index (χ0) is 35.5. The smallest absolute Gasteiger partial charge is 0.264 e. The average Bonchev–Trinajstić information content (AvgIpc) is 3.13. The molecule has 0 bridgehead atoms. The Morgan fingerprint density at radius 2 is 1.38 bits per heavy atom. The lowest BCUT2D eigenvalue weighted by Crippen LogP contribution is -2.53. The second-order valence-electron chi connectivity index (χ2n) is 11.5. The van der Waals surface area contributed by atoms with E-state index in [0.717, 1.165) is 9.87 Å². The van der Waals surface area contributed by atoms with Gasteiger partial charge in [-0.15, -0.1) is 0 Å². The van der Waals surface area contributed by atoms with Gasteiger partial charge < -0.3 is 15.0 Å². The van der Waals surface area contributed by atoms with Crippen molar-refractivity contribution in [2.75, 3.05) is 17.4 Å². The molecule has 5 aromatic rings. The molecule has 258 valence electrons. The zero-order valence-electron chi connectivity index (χ0n) is 27.4. The van der Waals surface area contributed by atoms with Crippen molar-refractivity contribution < 1.29 is 22.7 Å². The van der Waals surface area contributed by atoms with Crippen molar-refractivity contribution >= 4 is 50.7 Å². The molecule has 2 amide bonds. The summed E-state index contributed by atoms with van der Waals surface area (Å²) in [6.45, 7) is 1.66. The molecule has 5 aromatic carbocycles. The molecule has 0 saturated heterocycles. The first-order valence-electron chi connectivity index (χ1n) is 16.1. The molecule has 0 saturated carbocycles. The molecule has 0 spiro atoms. The molecule has 0 radical (unpaired) electrons. The monoisotopic (exact) mass is 729 g/mol. The number of rotatable bonds is 15. The van der Waals surface area contributed by atoms with Crippen molar-refractivity contribution in [3.8, 4) is 11.5 Å². The highest BCUT2D eigenvalue weighted by atomic mass is 35.5. The number of nitrogens with zero attached hydrogens (tertiary/aromatic N) is 2. The van der Waals surface area contributed by atoms with Crippen molar-refractivity contribution in [2.24, 2.45) is 0 Å². The van der Waals surface area contributed by atoms with E-state index < -0.39 is 28.5 Å². The summed E-state index contributed by atoms with van der Waals surface area (Å²) >= 11 is 12.8. The van der Waals surface area contributed by atoms with Crippen LogP contribution in [0.2, 0.25) is 10.0 Å². The van der Waals surface area contributed by atoms with Crippen molar-refractivity contribution in [1.29, 1.82) is 0 Å². The largest absolute Gasteiger partial charge is 0.457 e. The average molecular weight is 731 g/mol. The summed E-state index contributed by atoms with van der Waals surface area (Å²) in [5, 5.41) is 3.66. The Hall–Kier alpha value is -4.83. The molecular formula is C39H37Cl2N3O5S. The Morgan fingerprint density at radius 3 is 2.00 bits per heavy atom. The van der Waals surface area contributed by atoms with Crippen LogP contribution in [0.4, 0.5) is 5.69 Å². The summed E-state index contributed by atoms with van der Waals surface area (Å²) in [6, 6.07) is 36.8. The summed E-state index contributed by atoms with van der Waals surface area (Å²) in [5.74, 6) is 0.131. The minimum atomic E-state index is -4.26. The molecule has 0 heterocycles. The Labute approximate surface area is 303 Å². The molecule has 50 heavy (non-hydrogen) atoms. The number of para-hydroxylation sites is 1. The first kappa shape index (κ1) is 36.5. The van der Waals surface area contributed by atoms with E-state index in [1.54, 1.807) is 60.7 Å². The van der Waals surface area contributed by atoms with Gasteiger partial charge in [-0.25, -0.2) is 8.42 Å². The fraction of sp³-hybridized carbons (Fsp3) is 0.179. The van der Waals surface area contributed by atoms with Gasteiger partial charge in [-0.05, 0) is 78.2 Å². The molecule has 0 aliphatic carbocycles. The van der Waals surface area contributed by atoms with Crippen LogP contribution in [-0.2, 0) is 32.6 Å². The molecule has 0 aromatic heterocycles. The van der Waals surface area contributed by atoms with Crippen molar-refractivity contribution in [3.63, 3.8) is 0 Å². The normalized spacial score (nSPS) is 11.7. The van der Waals surface area contributed by atoms with Crippen LogP contribution in [0, 0.1) is 0 Å². The van der Waals surface area contributed by atoms with Gasteiger partial charge in [0, 0.05) is 29.6 Å². The fourth-order valence-electron chi connectivity index (χ4n) is 5.31. The highest BCUT2D eigenvalue weighted by Crippen LogP contribution is 2.29. The van der Waals surface area contributed by atoms with Gasteiger partial charge in [0.05, 0.1) is 10.6 Å². The van der Waals surface area contributed by atoms with Crippen LogP contribution in [0.5, 0.6) is 11.5 Å². The number of halogens is 2. The van der Waals surface area contributed by atoms with Crippen molar-refractivity contribution in [3.05, 3.63) is 155 Å². The summed E-state index contributed by atoms with van der Waals surface area (Å²) in [6.07, 6.45) is 0.873. The third kappa shape index (κ3) is 9.44. The first-order chi connectivity index (χ1) is 24.2. The molecule has 0 fully saturated rings. The third-order valence-electron chi connectivity index (χ3n) is 7.89. The highest BCUT2D eigenvalue weighted by molar-refractivity contribution is 7.92. The standard InChI is InChI=1S/C39H37Cl2N3O5S/c1-2-24-42-39(46)37(25-29-12-6-3-7-13-29)43(27-30-18-19-31(40)26-36(30)41)38(45)28-44(50(47,48)35-16-10-5-11-17-35)32-20-22-34(23-21-32)49-33-14-8-4-9-15-33/h3-23,26,37H,2,24-25,27-28H2,1H3,(H,42,46). The Balaban J connectivity index is 1.56. The number of anilines is 1. The van der Waals surface area contributed by atoms with Crippen LogP contribution in [-0.4, -0.2) is 44.3 Å². The third-order valence-corrected chi connectivity index (χ3v) is 10.3. The molecule has 1 N–H and O–H groups in total. The molecule has 11 heteroatoms. The molecule has 0 aliphatic heterocycles. The van der Waals surface area contributed by atoms with E-state index in [0.29, 0.717) is 40.1 Å². The fourth-order valence-corrected chi connectivity index (χ4v) is 7.21. The van der Waals surface area contributed by atoms with Gasteiger partial charge in [0.1, 0.15) is 24.1 Å². The number of hydrogen-bond acceptors (Lipinski definition) is 5. The number of carbonyl (C=O) groups excluding carboxylic acids is 2. The Morgan fingerprint density at radius 1 is 0.780 bits per heavy atom. The maximum atomic E-state index is 14.7.